The number of carbonyl (C=O) groups excluding carboxylic acids is 1. The van der Waals surface area contributed by atoms with Crippen LogP contribution in [0.1, 0.15) is 27.0 Å². The number of aliphatic carboxylic acids is 1. The van der Waals surface area contributed by atoms with Gasteiger partial charge in [-0.2, -0.15) is 13.2 Å². The minimum atomic E-state index is -4.41. The molecule has 0 heterocycles. The number of ether oxygens (including phenoxy) is 2. The van der Waals surface area contributed by atoms with Gasteiger partial charge in [-0.3, -0.25) is 4.79 Å². The largest absolute Gasteiger partial charge is 0.482 e. The fourth-order valence-electron chi connectivity index (χ4n) is 2.92. The van der Waals surface area contributed by atoms with Gasteiger partial charge in [-0.25, -0.2) is 4.79 Å². The van der Waals surface area contributed by atoms with E-state index in [-0.39, 0.29) is 6.54 Å². The molecule has 0 aromatic heterocycles. The van der Waals surface area contributed by atoms with Gasteiger partial charge in [0, 0.05) is 12.1 Å². The number of carboxylic acid groups (broad SMARTS) is 1. The molecule has 9 heteroatoms. The van der Waals surface area contributed by atoms with E-state index in [2.05, 4.69) is 5.32 Å². The molecule has 172 valence electrons. The highest BCUT2D eigenvalue weighted by atomic mass is 19.4. The fourth-order valence-corrected chi connectivity index (χ4v) is 2.92. The second kappa shape index (κ2) is 10.1. The molecule has 0 bridgehead atoms. The maximum Gasteiger partial charge on any atom is 0.416 e. The van der Waals surface area contributed by atoms with Crippen LogP contribution in [-0.2, 0) is 17.5 Å². The maximum atomic E-state index is 12.6. The Morgan fingerprint density at radius 1 is 0.970 bits per heavy atom. The Labute approximate surface area is 187 Å². The summed E-state index contributed by atoms with van der Waals surface area (Å²) in [5, 5.41) is 11.4. The Kier molecular flexibility index (Phi) is 7.22. The molecule has 1 amide bonds. The zero-order valence-corrected chi connectivity index (χ0v) is 17.5. The number of halogens is 3. The quantitative estimate of drug-likeness (QED) is 0.484. The number of nitrogens with one attached hydrogen (secondary N) is 1. The number of aryl methyl sites for hydroxylation is 1. The molecule has 0 aliphatic rings. The zero-order valence-electron chi connectivity index (χ0n) is 17.5. The van der Waals surface area contributed by atoms with E-state index >= 15 is 0 Å². The summed E-state index contributed by atoms with van der Waals surface area (Å²) < 4.78 is 48.9. The number of carbonyl (C=O) groups is 2. The van der Waals surface area contributed by atoms with Crippen LogP contribution in [0.4, 0.5) is 13.2 Å². The normalized spacial score (nSPS) is 11.0. The van der Waals surface area contributed by atoms with E-state index in [0.29, 0.717) is 33.9 Å². The van der Waals surface area contributed by atoms with Crippen LogP contribution in [0.2, 0.25) is 0 Å². The van der Waals surface area contributed by atoms with E-state index < -0.39 is 30.2 Å². The van der Waals surface area contributed by atoms with Gasteiger partial charge in [-0.1, -0.05) is 18.2 Å². The van der Waals surface area contributed by atoms with Crippen LogP contribution in [0.5, 0.6) is 17.2 Å². The Balaban J connectivity index is 1.61. The lowest BCUT2D eigenvalue weighted by Crippen LogP contribution is -2.22. The van der Waals surface area contributed by atoms with Crippen molar-refractivity contribution in [2.24, 2.45) is 0 Å². The molecule has 3 aromatic rings. The highest BCUT2D eigenvalue weighted by Crippen LogP contribution is 2.29. The summed E-state index contributed by atoms with van der Waals surface area (Å²) in [4.78, 5) is 23.1. The molecule has 0 saturated carbocycles. The molecule has 6 nitrogen and oxygen atoms in total. The molecule has 0 fully saturated rings. The molecule has 0 saturated heterocycles. The highest BCUT2D eigenvalue weighted by molar-refractivity contribution is 5.94. The summed E-state index contributed by atoms with van der Waals surface area (Å²) in [7, 11) is 0. The Hall–Kier alpha value is -4.01. The van der Waals surface area contributed by atoms with E-state index in [1.807, 2.05) is 0 Å². The van der Waals surface area contributed by atoms with Gasteiger partial charge >= 0.3 is 12.1 Å². The first-order chi connectivity index (χ1) is 15.6. The molecule has 2 N–H and O–H groups in total. The minimum Gasteiger partial charge on any atom is -0.482 e. The maximum absolute atomic E-state index is 12.6. The number of hydrogen-bond donors (Lipinski definition) is 2. The first kappa shape index (κ1) is 23.6. The van der Waals surface area contributed by atoms with Crippen molar-refractivity contribution in [3.63, 3.8) is 0 Å². The predicted molar refractivity (Wildman–Crippen MR) is 113 cm³/mol. The molecule has 33 heavy (non-hydrogen) atoms. The van der Waals surface area contributed by atoms with Crippen LogP contribution in [0, 0.1) is 6.92 Å². The average molecular weight is 459 g/mol. The summed E-state index contributed by atoms with van der Waals surface area (Å²) in [5.41, 5.74) is 0.778. The topological polar surface area (TPSA) is 84.9 Å². The second-order valence-electron chi connectivity index (χ2n) is 7.12. The zero-order chi connectivity index (χ0) is 24.0. The van der Waals surface area contributed by atoms with E-state index in [9.17, 15) is 22.8 Å². The van der Waals surface area contributed by atoms with E-state index in [1.54, 1.807) is 43.3 Å². The van der Waals surface area contributed by atoms with Crippen LogP contribution < -0.4 is 14.8 Å². The summed E-state index contributed by atoms with van der Waals surface area (Å²) in [6.07, 6.45) is -4.41. The molecule has 0 radical (unpaired) electrons. The predicted octanol–water partition coefficient (Wildman–Crippen LogP) is 5.20. The smallest absolute Gasteiger partial charge is 0.416 e. The molecule has 0 unspecified atom stereocenters. The third-order valence-electron chi connectivity index (χ3n) is 4.56. The van der Waals surface area contributed by atoms with Crippen molar-refractivity contribution in [2.45, 2.75) is 19.6 Å². The first-order valence-electron chi connectivity index (χ1n) is 9.79. The molecular formula is C24H20F3NO5. The van der Waals surface area contributed by atoms with Crippen LogP contribution >= 0.6 is 0 Å². The summed E-state index contributed by atoms with van der Waals surface area (Å²) in [5.74, 6) is -0.202. The van der Waals surface area contributed by atoms with Crippen LogP contribution in [0.15, 0.2) is 66.7 Å². The van der Waals surface area contributed by atoms with Gasteiger partial charge in [0.2, 0.25) is 0 Å². The third-order valence-corrected chi connectivity index (χ3v) is 4.56. The lowest BCUT2D eigenvalue weighted by atomic mass is 10.1. The number of amides is 1. The first-order valence-corrected chi connectivity index (χ1v) is 9.79. The molecule has 3 rings (SSSR count). The minimum absolute atomic E-state index is 0.0685. The molecule has 0 aliphatic heterocycles. The number of benzene rings is 3. The molecule has 0 spiro atoms. The van der Waals surface area contributed by atoms with E-state index in [1.165, 1.54) is 18.2 Å². The van der Waals surface area contributed by atoms with Crippen molar-refractivity contribution < 1.29 is 37.3 Å². The van der Waals surface area contributed by atoms with Crippen LogP contribution in [0.3, 0.4) is 0 Å². The van der Waals surface area contributed by atoms with Crippen molar-refractivity contribution in [2.75, 3.05) is 6.61 Å². The summed E-state index contributed by atoms with van der Waals surface area (Å²) in [6, 6.07) is 15.9. The Morgan fingerprint density at radius 2 is 1.67 bits per heavy atom. The number of rotatable bonds is 8. The van der Waals surface area contributed by atoms with Gasteiger partial charge < -0.3 is 19.9 Å². The van der Waals surface area contributed by atoms with Gasteiger partial charge in [0.25, 0.3) is 5.91 Å². The number of carboxylic acids is 1. The van der Waals surface area contributed by atoms with Crippen molar-refractivity contribution in [3.8, 4) is 17.2 Å². The van der Waals surface area contributed by atoms with Gasteiger partial charge in [-0.15, -0.1) is 0 Å². The SMILES string of the molecule is Cc1cc(Oc2cccc(C(=O)NCc3ccc(C(F)(F)F)cc3)c2)ccc1OCC(=O)O. The molecule has 0 aliphatic carbocycles. The lowest BCUT2D eigenvalue weighted by molar-refractivity contribution is -0.139. The van der Waals surface area contributed by atoms with Gasteiger partial charge in [-0.05, 0) is 66.6 Å². The lowest BCUT2D eigenvalue weighted by Gasteiger charge is -2.11. The van der Waals surface area contributed by atoms with E-state index in [4.69, 9.17) is 14.6 Å². The van der Waals surface area contributed by atoms with E-state index in [0.717, 1.165) is 12.1 Å². The standard InChI is InChI=1S/C24H20F3NO5/c1-15-11-20(9-10-21(15)32-14-22(29)30)33-19-4-2-3-17(12-19)23(31)28-13-16-5-7-18(8-6-16)24(25,26)27/h2-12H,13-14H2,1H3,(H,28,31)(H,29,30). The molecule has 0 atom stereocenters. The van der Waals surface area contributed by atoms with Gasteiger partial charge in [0.15, 0.2) is 6.61 Å². The van der Waals surface area contributed by atoms with Gasteiger partial charge in [0.1, 0.15) is 17.2 Å². The fraction of sp³-hybridized carbons (Fsp3) is 0.167. The summed E-state index contributed by atoms with van der Waals surface area (Å²) in [6.45, 7) is 1.36. The van der Waals surface area contributed by atoms with Crippen LogP contribution in [0.25, 0.3) is 0 Å². The Bertz CT molecular complexity index is 1140. The highest BCUT2D eigenvalue weighted by Gasteiger charge is 2.29. The third kappa shape index (κ3) is 6.73. The van der Waals surface area contributed by atoms with Crippen molar-refractivity contribution in [3.05, 3.63) is 89.0 Å². The number of alkyl halides is 3. The monoisotopic (exact) mass is 459 g/mol. The average Bonchev–Trinajstić information content (AvgIpc) is 2.76. The van der Waals surface area contributed by atoms with Crippen LogP contribution in [-0.4, -0.2) is 23.6 Å². The molecular weight excluding hydrogens is 439 g/mol. The Morgan fingerprint density at radius 3 is 2.30 bits per heavy atom. The van der Waals surface area contributed by atoms with Gasteiger partial charge in [0.05, 0.1) is 5.56 Å². The summed E-state index contributed by atoms with van der Waals surface area (Å²) >= 11 is 0. The van der Waals surface area contributed by atoms with Crippen molar-refractivity contribution in [1.82, 2.24) is 5.32 Å². The number of hydrogen-bond acceptors (Lipinski definition) is 4. The van der Waals surface area contributed by atoms with Crippen molar-refractivity contribution >= 4 is 11.9 Å². The molecule has 3 aromatic carbocycles. The van der Waals surface area contributed by atoms with Crippen molar-refractivity contribution in [1.29, 1.82) is 0 Å². The second-order valence-corrected chi connectivity index (χ2v) is 7.12.